The molecular formula is C27H27NOS2. The largest absolute Gasteiger partial charge is 0.378 e. The smallest absolute Gasteiger partial charge is 0.180 e. The van der Waals surface area contributed by atoms with Gasteiger partial charge in [-0.2, -0.15) is 0 Å². The quantitative estimate of drug-likeness (QED) is 0.312. The summed E-state index contributed by atoms with van der Waals surface area (Å²) in [7, 11) is 4.03. The van der Waals surface area contributed by atoms with Crippen molar-refractivity contribution in [2.45, 2.75) is 11.5 Å². The summed E-state index contributed by atoms with van der Waals surface area (Å²) in [5.41, 5.74) is 4.66. The number of hydrogen-bond donors (Lipinski definition) is 0. The Morgan fingerprint density at radius 3 is 1.77 bits per heavy atom. The summed E-state index contributed by atoms with van der Waals surface area (Å²) < 4.78 is 1.03. The van der Waals surface area contributed by atoms with Crippen LogP contribution in [0.3, 0.4) is 0 Å². The Hall–Kier alpha value is -2.69. The number of anilines is 1. The molecule has 0 aromatic heterocycles. The van der Waals surface area contributed by atoms with Crippen molar-refractivity contribution in [3.8, 4) is 0 Å². The summed E-state index contributed by atoms with van der Waals surface area (Å²) in [4.78, 5) is 14.7. The van der Waals surface area contributed by atoms with E-state index >= 15 is 0 Å². The standard InChI is InChI=1S/C27H27NOS2/c1-28(2)25-16-13-22(14-17-25)15-18-26(29)19-27(30-20-23-9-5-3-6-10-23)31-21-24-11-7-4-8-12-24/h3-19H,20-21H2,1-2H3/b18-15+. The molecule has 3 aromatic rings. The molecule has 0 saturated heterocycles. The van der Waals surface area contributed by atoms with Crippen molar-refractivity contribution in [2.75, 3.05) is 19.0 Å². The van der Waals surface area contributed by atoms with Gasteiger partial charge in [-0.1, -0.05) is 78.9 Å². The van der Waals surface area contributed by atoms with Crippen molar-refractivity contribution in [1.29, 1.82) is 0 Å². The maximum atomic E-state index is 12.6. The molecule has 0 fully saturated rings. The van der Waals surface area contributed by atoms with Gasteiger partial charge in [-0.05, 0) is 34.9 Å². The van der Waals surface area contributed by atoms with Gasteiger partial charge < -0.3 is 4.90 Å². The molecule has 0 aliphatic carbocycles. The van der Waals surface area contributed by atoms with Gasteiger partial charge in [0.2, 0.25) is 0 Å². The predicted octanol–water partition coefficient (Wildman–Crippen LogP) is 7.04. The topological polar surface area (TPSA) is 20.3 Å². The van der Waals surface area contributed by atoms with Crippen LogP contribution >= 0.6 is 23.5 Å². The summed E-state index contributed by atoms with van der Waals surface area (Å²) in [6.07, 6.45) is 5.28. The molecule has 3 rings (SSSR count). The first-order chi connectivity index (χ1) is 15.1. The van der Waals surface area contributed by atoms with Gasteiger partial charge in [0, 0.05) is 41.6 Å². The molecule has 158 valence electrons. The summed E-state index contributed by atoms with van der Waals surface area (Å²) in [5.74, 6) is 1.70. The molecule has 0 saturated carbocycles. The third-order valence-corrected chi connectivity index (χ3v) is 7.02. The van der Waals surface area contributed by atoms with Gasteiger partial charge in [-0.15, -0.1) is 23.5 Å². The van der Waals surface area contributed by atoms with Crippen molar-refractivity contribution in [3.05, 3.63) is 118 Å². The number of ketones is 1. The number of rotatable bonds is 10. The maximum absolute atomic E-state index is 12.6. The summed E-state index contributed by atoms with van der Waals surface area (Å²) in [6, 6.07) is 28.9. The van der Waals surface area contributed by atoms with Crippen LogP contribution in [-0.4, -0.2) is 19.9 Å². The average Bonchev–Trinajstić information content (AvgIpc) is 2.81. The molecule has 3 aromatic carbocycles. The molecule has 4 heteroatoms. The van der Waals surface area contributed by atoms with Crippen molar-refractivity contribution in [3.63, 3.8) is 0 Å². The van der Waals surface area contributed by atoms with Gasteiger partial charge in [0.25, 0.3) is 0 Å². The van der Waals surface area contributed by atoms with E-state index in [0.717, 1.165) is 27.0 Å². The molecule has 2 nitrogen and oxygen atoms in total. The highest BCUT2D eigenvalue weighted by molar-refractivity contribution is 8.21. The maximum Gasteiger partial charge on any atom is 0.180 e. The molecule has 0 spiro atoms. The van der Waals surface area contributed by atoms with Crippen LogP contribution < -0.4 is 4.90 Å². The molecule has 0 N–H and O–H groups in total. The fourth-order valence-corrected chi connectivity index (χ4v) is 4.90. The van der Waals surface area contributed by atoms with Crippen LogP contribution in [0, 0.1) is 0 Å². The normalized spacial score (nSPS) is 10.8. The number of hydrogen-bond acceptors (Lipinski definition) is 4. The van der Waals surface area contributed by atoms with Crippen molar-refractivity contribution in [1.82, 2.24) is 0 Å². The minimum atomic E-state index is 0.00723. The number of carbonyl (C=O) groups is 1. The second-order valence-electron chi connectivity index (χ2n) is 7.23. The fourth-order valence-electron chi connectivity index (χ4n) is 2.81. The third-order valence-electron chi connectivity index (χ3n) is 4.56. The Kier molecular flexibility index (Phi) is 9.07. The zero-order valence-corrected chi connectivity index (χ0v) is 19.5. The van der Waals surface area contributed by atoms with Crippen LogP contribution in [0.5, 0.6) is 0 Å². The molecule has 31 heavy (non-hydrogen) atoms. The number of allylic oxidation sites excluding steroid dienone is 2. The number of nitrogens with zero attached hydrogens (tertiary/aromatic N) is 1. The molecule has 0 heterocycles. The van der Waals surface area contributed by atoms with E-state index in [1.165, 1.54) is 11.1 Å². The molecule has 0 aliphatic heterocycles. The number of thioether (sulfide) groups is 2. The highest BCUT2D eigenvalue weighted by Gasteiger charge is 2.05. The zero-order chi connectivity index (χ0) is 21.9. The van der Waals surface area contributed by atoms with Gasteiger partial charge in [-0.25, -0.2) is 0 Å². The summed E-state index contributed by atoms with van der Waals surface area (Å²) >= 11 is 3.43. The SMILES string of the molecule is CN(C)c1ccc(/C=C/C(=O)C=C(SCc2ccccc2)SCc2ccccc2)cc1. The van der Waals surface area contributed by atoms with Crippen LogP contribution in [0.25, 0.3) is 6.08 Å². The fraction of sp³-hybridized carbons (Fsp3) is 0.148. The lowest BCUT2D eigenvalue weighted by atomic mass is 10.1. The van der Waals surface area contributed by atoms with Crippen LogP contribution in [0.2, 0.25) is 0 Å². The lowest BCUT2D eigenvalue weighted by Gasteiger charge is -2.11. The van der Waals surface area contributed by atoms with Gasteiger partial charge >= 0.3 is 0 Å². The second-order valence-corrected chi connectivity index (χ2v) is 9.53. The first-order valence-electron chi connectivity index (χ1n) is 10.1. The average molecular weight is 446 g/mol. The van der Waals surface area contributed by atoms with E-state index in [2.05, 4.69) is 41.3 Å². The van der Waals surface area contributed by atoms with E-state index in [1.54, 1.807) is 35.7 Å². The van der Waals surface area contributed by atoms with Crippen LogP contribution in [0.4, 0.5) is 5.69 Å². The van der Waals surface area contributed by atoms with Gasteiger partial charge in [0.1, 0.15) is 0 Å². The van der Waals surface area contributed by atoms with Gasteiger partial charge in [0.15, 0.2) is 5.78 Å². The Balaban J connectivity index is 1.67. The molecule has 0 unspecified atom stereocenters. The van der Waals surface area contributed by atoms with E-state index in [0.29, 0.717) is 0 Å². The van der Waals surface area contributed by atoms with E-state index < -0.39 is 0 Å². The lowest BCUT2D eigenvalue weighted by Crippen LogP contribution is -2.07. The van der Waals surface area contributed by atoms with Crippen molar-refractivity contribution in [2.24, 2.45) is 0 Å². The van der Waals surface area contributed by atoms with Crippen LogP contribution in [-0.2, 0) is 16.3 Å². The molecule has 0 aliphatic rings. The molecule has 0 atom stereocenters. The minimum absolute atomic E-state index is 0.00723. The van der Waals surface area contributed by atoms with E-state index in [4.69, 9.17) is 0 Å². The molecular weight excluding hydrogens is 418 g/mol. The highest BCUT2D eigenvalue weighted by atomic mass is 32.2. The molecule has 0 radical (unpaired) electrons. The first-order valence-corrected chi connectivity index (χ1v) is 12.1. The molecule has 0 bridgehead atoms. The van der Waals surface area contributed by atoms with Crippen molar-refractivity contribution < 1.29 is 4.79 Å². The lowest BCUT2D eigenvalue weighted by molar-refractivity contribution is -0.110. The van der Waals surface area contributed by atoms with Gasteiger partial charge in [0.05, 0.1) is 0 Å². The Labute approximate surface area is 194 Å². The Bertz CT molecular complexity index is 965. The molecule has 0 amide bonds. The Morgan fingerprint density at radius 2 is 1.29 bits per heavy atom. The highest BCUT2D eigenvalue weighted by Crippen LogP contribution is 2.33. The Morgan fingerprint density at radius 1 is 0.774 bits per heavy atom. The minimum Gasteiger partial charge on any atom is -0.378 e. The number of benzene rings is 3. The van der Waals surface area contributed by atoms with E-state index in [9.17, 15) is 4.79 Å². The zero-order valence-electron chi connectivity index (χ0n) is 17.9. The van der Waals surface area contributed by atoms with Crippen molar-refractivity contribution >= 4 is 41.1 Å². The summed E-state index contributed by atoms with van der Waals surface area (Å²) in [5, 5.41) is 0. The van der Waals surface area contributed by atoms with E-state index in [1.807, 2.05) is 68.7 Å². The summed E-state index contributed by atoms with van der Waals surface area (Å²) in [6.45, 7) is 0. The second kappa shape index (κ2) is 12.2. The first kappa shape index (κ1) is 23.0. The predicted molar refractivity (Wildman–Crippen MR) is 138 cm³/mol. The van der Waals surface area contributed by atoms with Crippen LogP contribution in [0.15, 0.2) is 101 Å². The van der Waals surface area contributed by atoms with Gasteiger partial charge in [-0.3, -0.25) is 4.79 Å². The van der Waals surface area contributed by atoms with Crippen LogP contribution in [0.1, 0.15) is 16.7 Å². The third kappa shape index (κ3) is 8.16. The monoisotopic (exact) mass is 445 g/mol. The number of carbonyl (C=O) groups excluding carboxylic acids is 1. The van der Waals surface area contributed by atoms with E-state index in [-0.39, 0.29) is 5.78 Å².